The highest BCUT2D eigenvalue weighted by molar-refractivity contribution is 7.12. The van der Waals surface area contributed by atoms with Gasteiger partial charge in [0, 0.05) is 7.05 Å². The first-order chi connectivity index (χ1) is 5.79. The van der Waals surface area contributed by atoms with Gasteiger partial charge in [-0.3, -0.25) is 4.79 Å². The van der Waals surface area contributed by atoms with Crippen LogP contribution in [0.15, 0.2) is 11.4 Å². The summed E-state index contributed by atoms with van der Waals surface area (Å²) in [6.45, 7) is 2.48. The van der Waals surface area contributed by atoms with E-state index in [1.54, 1.807) is 13.1 Å². The average molecular weight is 185 g/mol. The molecule has 0 aliphatic heterocycles. The number of thiophene rings is 1. The molecule has 4 heteroatoms. The molecule has 0 spiro atoms. The van der Waals surface area contributed by atoms with E-state index in [0.717, 1.165) is 0 Å². The van der Waals surface area contributed by atoms with Gasteiger partial charge in [0.1, 0.15) is 10.6 Å². The number of hydrogen-bond acceptors (Lipinski definition) is 3. The Bertz CT molecular complexity index is 270. The fourth-order valence-corrected chi connectivity index (χ4v) is 1.63. The molecule has 12 heavy (non-hydrogen) atoms. The maximum Gasteiger partial charge on any atom is 0.264 e. The molecule has 0 aromatic carbocycles. The number of carbonyl (C=O) groups excluding carboxylic acids is 1. The lowest BCUT2D eigenvalue weighted by molar-refractivity contribution is 0.0964. The lowest BCUT2D eigenvalue weighted by Gasteiger charge is -2.02. The second-order valence-electron chi connectivity index (χ2n) is 2.13. The number of ether oxygens (including phenoxy) is 1. The van der Waals surface area contributed by atoms with E-state index in [-0.39, 0.29) is 5.91 Å². The van der Waals surface area contributed by atoms with Gasteiger partial charge >= 0.3 is 0 Å². The van der Waals surface area contributed by atoms with Crippen LogP contribution in [0.2, 0.25) is 0 Å². The number of rotatable bonds is 3. The van der Waals surface area contributed by atoms with Crippen LogP contribution in [0, 0.1) is 0 Å². The predicted molar refractivity (Wildman–Crippen MR) is 48.9 cm³/mol. The summed E-state index contributed by atoms with van der Waals surface area (Å²) in [6.07, 6.45) is 0. The topological polar surface area (TPSA) is 38.3 Å². The molecule has 1 amide bonds. The van der Waals surface area contributed by atoms with Crippen LogP contribution in [0.3, 0.4) is 0 Å². The van der Waals surface area contributed by atoms with Gasteiger partial charge in [-0.05, 0) is 18.4 Å². The first kappa shape index (κ1) is 9.06. The molecular weight excluding hydrogens is 174 g/mol. The van der Waals surface area contributed by atoms with Gasteiger partial charge in [-0.25, -0.2) is 0 Å². The summed E-state index contributed by atoms with van der Waals surface area (Å²) in [5.74, 6) is 0.579. The second kappa shape index (κ2) is 4.11. The van der Waals surface area contributed by atoms with Gasteiger partial charge in [-0.2, -0.15) is 0 Å². The number of hydrogen-bond donors (Lipinski definition) is 1. The lowest BCUT2D eigenvalue weighted by Crippen LogP contribution is -2.17. The smallest absolute Gasteiger partial charge is 0.264 e. The third kappa shape index (κ3) is 1.76. The van der Waals surface area contributed by atoms with Crippen molar-refractivity contribution in [3.63, 3.8) is 0 Å². The van der Waals surface area contributed by atoms with Gasteiger partial charge in [0.15, 0.2) is 0 Å². The molecular formula is C8H11NO2S. The standard InChI is InChI=1S/C8H11NO2S/c1-3-11-6-4-5-12-7(6)8(10)9-2/h4-5H,3H2,1-2H3,(H,9,10). The molecule has 0 saturated carbocycles. The zero-order chi connectivity index (χ0) is 8.97. The third-order valence-electron chi connectivity index (χ3n) is 1.36. The Hall–Kier alpha value is -1.03. The average Bonchev–Trinajstić information content (AvgIpc) is 2.52. The Morgan fingerprint density at radius 1 is 1.75 bits per heavy atom. The highest BCUT2D eigenvalue weighted by atomic mass is 32.1. The number of carbonyl (C=O) groups is 1. The molecule has 1 rings (SSSR count). The van der Waals surface area contributed by atoms with Crippen molar-refractivity contribution in [1.82, 2.24) is 5.32 Å². The van der Waals surface area contributed by atoms with Crippen molar-refractivity contribution < 1.29 is 9.53 Å². The monoisotopic (exact) mass is 185 g/mol. The molecule has 0 atom stereocenters. The Morgan fingerprint density at radius 2 is 2.50 bits per heavy atom. The molecule has 1 N–H and O–H groups in total. The van der Waals surface area contributed by atoms with Crippen molar-refractivity contribution in [3.05, 3.63) is 16.3 Å². The predicted octanol–water partition coefficient (Wildman–Crippen LogP) is 1.51. The maximum atomic E-state index is 11.2. The van der Waals surface area contributed by atoms with E-state index in [1.807, 2.05) is 12.3 Å². The minimum atomic E-state index is -0.0894. The summed E-state index contributed by atoms with van der Waals surface area (Å²) in [6, 6.07) is 1.80. The molecule has 0 saturated heterocycles. The van der Waals surface area contributed by atoms with Crippen LogP contribution >= 0.6 is 11.3 Å². The van der Waals surface area contributed by atoms with E-state index in [2.05, 4.69) is 5.32 Å². The number of amides is 1. The van der Waals surface area contributed by atoms with Gasteiger partial charge in [0.05, 0.1) is 6.61 Å². The number of nitrogens with one attached hydrogen (secondary N) is 1. The zero-order valence-corrected chi connectivity index (χ0v) is 7.90. The van der Waals surface area contributed by atoms with Crippen LogP contribution in [-0.2, 0) is 0 Å². The lowest BCUT2D eigenvalue weighted by atomic mass is 10.4. The summed E-state index contributed by atoms with van der Waals surface area (Å²) in [4.78, 5) is 11.8. The molecule has 1 aromatic rings. The third-order valence-corrected chi connectivity index (χ3v) is 2.26. The van der Waals surface area contributed by atoms with E-state index in [9.17, 15) is 4.79 Å². The molecule has 0 unspecified atom stereocenters. The highest BCUT2D eigenvalue weighted by Gasteiger charge is 2.11. The maximum absolute atomic E-state index is 11.2. The molecule has 0 radical (unpaired) electrons. The summed E-state index contributed by atoms with van der Waals surface area (Å²) in [7, 11) is 1.61. The van der Waals surface area contributed by atoms with Crippen molar-refractivity contribution in [2.75, 3.05) is 13.7 Å². The van der Waals surface area contributed by atoms with Crippen molar-refractivity contribution in [3.8, 4) is 5.75 Å². The molecule has 0 fully saturated rings. The van der Waals surface area contributed by atoms with Crippen LogP contribution in [0.4, 0.5) is 0 Å². The molecule has 0 aliphatic rings. The van der Waals surface area contributed by atoms with Crippen molar-refractivity contribution >= 4 is 17.2 Å². The molecule has 0 bridgehead atoms. The Balaban J connectivity index is 2.83. The van der Waals surface area contributed by atoms with Crippen LogP contribution in [-0.4, -0.2) is 19.6 Å². The first-order valence-electron chi connectivity index (χ1n) is 3.72. The van der Waals surface area contributed by atoms with Gasteiger partial charge in [0.25, 0.3) is 5.91 Å². The Kier molecular flexibility index (Phi) is 3.10. The highest BCUT2D eigenvalue weighted by Crippen LogP contribution is 2.24. The molecule has 1 aromatic heterocycles. The fourth-order valence-electron chi connectivity index (χ4n) is 0.846. The molecule has 0 aliphatic carbocycles. The Morgan fingerprint density at radius 3 is 3.08 bits per heavy atom. The largest absolute Gasteiger partial charge is 0.492 e. The minimum Gasteiger partial charge on any atom is -0.492 e. The fraction of sp³-hybridized carbons (Fsp3) is 0.375. The normalized spacial score (nSPS) is 9.50. The van der Waals surface area contributed by atoms with E-state index in [1.165, 1.54) is 11.3 Å². The van der Waals surface area contributed by atoms with E-state index in [4.69, 9.17) is 4.74 Å². The van der Waals surface area contributed by atoms with E-state index >= 15 is 0 Å². The molecule has 3 nitrogen and oxygen atoms in total. The zero-order valence-electron chi connectivity index (χ0n) is 7.09. The summed E-state index contributed by atoms with van der Waals surface area (Å²) in [5.41, 5.74) is 0. The summed E-state index contributed by atoms with van der Waals surface area (Å²) >= 11 is 1.39. The van der Waals surface area contributed by atoms with Crippen molar-refractivity contribution in [2.45, 2.75) is 6.92 Å². The van der Waals surface area contributed by atoms with Gasteiger partial charge in [0.2, 0.25) is 0 Å². The molecule has 66 valence electrons. The molecule has 1 heterocycles. The van der Waals surface area contributed by atoms with Gasteiger partial charge in [-0.15, -0.1) is 11.3 Å². The summed E-state index contributed by atoms with van der Waals surface area (Å²) < 4.78 is 5.25. The van der Waals surface area contributed by atoms with Crippen molar-refractivity contribution in [2.24, 2.45) is 0 Å². The second-order valence-corrected chi connectivity index (χ2v) is 3.04. The Labute approximate surface area is 75.4 Å². The minimum absolute atomic E-state index is 0.0894. The summed E-state index contributed by atoms with van der Waals surface area (Å²) in [5, 5.41) is 4.40. The first-order valence-corrected chi connectivity index (χ1v) is 4.60. The SMILES string of the molecule is CCOc1ccsc1C(=O)NC. The van der Waals surface area contributed by atoms with E-state index < -0.39 is 0 Å². The van der Waals surface area contributed by atoms with Crippen LogP contribution in [0.5, 0.6) is 5.75 Å². The van der Waals surface area contributed by atoms with E-state index in [0.29, 0.717) is 17.2 Å². The van der Waals surface area contributed by atoms with Crippen LogP contribution in [0.1, 0.15) is 16.6 Å². The van der Waals surface area contributed by atoms with Crippen molar-refractivity contribution in [1.29, 1.82) is 0 Å². The van der Waals surface area contributed by atoms with Crippen LogP contribution in [0.25, 0.3) is 0 Å². The quantitative estimate of drug-likeness (QED) is 0.775. The van der Waals surface area contributed by atoms with Gasteiger partial charge in [-0.1, -0.05) is 0 Å². The van der Waals surface area contributed by atoms with Gasteiger partial charge < -0.3 is 10.1 Å². The van der Waals surface area contributed by atoms with Crippen LogP contribution < -0.4 is 10.1 Å².